The standard InChI is InChI=1S/C11H14BrNO3S2/c1-16-10-4-3-8(7-9(10)12)11-13(5-6-17-11)18(2,14)15/h3-4,7,11H,5-6H2,1-2H3. The number of nitrogens with zero attached hydrogens (tertiary/aromatic N) is 1. The van der Waals surface area contributed by atoms with Crippen LogP contribution in [0.2, 0.25) is 0 Å². The highest BCUT2D eigenvalue weighted by Gasteiger charge is 2.33. The molecule has 0 aliphatic carbocycles. The summed E-state index contributed by atoms with van der Waals surface area (Å²) in [6.45, 7) is 0.567. The van der Waals surface area contributed by atoms with Crippen molar-refractivity contribution >= 4 is 37.7 Å². The summed E-state index contributed by atoms with van der Waals surface area (Å²) in [6.07, 6.45) is 1.25. The predicted octanol–water partition coefficient (Wildman–Crippen LogP) is 2.46. The predicted molar refractivity (Wildman–Crippen MR) is 77.4 cm³/mol. The molecule has 1 fully saturated rings. The van der Waals surface area contributed by atoms with Gasteiger partial charge in [-0.25, -0.2) is 8.42 Å². The summed E-state index contributed by atoms with van der Waals surface area (Å²) in [6, 6.07) is 5.67. The molecule has 0 amide bonds. The number of methoxy groups -OCH3 is 1. The van der Waals surface area contributed by atoms with Gasteiger partial charge in [-0.2, -0.15) is 4.31 Å². The highest BCUT2D eigenvalue weighted by Crippen LogP contribution is 2.41. The zero-order chi connectivity index (χ0) is 13.3. The van der Waals surface area contributed by atoms with Crippen molar-refractivity contribution in [3.05, 3.63) is 28.2 Å². The van der Waals surface area contributed by atoms with Gasteiger partial charge in [0.2, 0.25) is 10.0 Å². The number of halogens is 1. The molecule has 1 aromatic rings. The van der Waals surface area contributed by atoms with Crippen molar-refractivity contribution in [3.8, 4) is 5.75 Å². The molecular weight excluding hydrogens is 338 g/mol. The van der Waals surface area contributed by atoms with Gasteiger partial charge in [-0.05, 0) is 33.6 Å². The molecule has 0 radical (unpaired) electrons. The van der Waals surface area contributed by atoms with Crippen LogP contribution < -0.4 is 4.74 Å². The number of hydrogen-bond donors (Lipinski definition) is 0. The maximum absolute atomic E-state index is 11.7. The molecule has 18 heavy (non-hydrogen) atoms. The van der Waals surface area contributed by atoms with E-state index in [0.29, 0.717) is 6.54 Å². The van der Waals surface area contributed by atoms with Crippen LogP contribution in [0.3, 0.4) is 0 Å². The third-order valence-electron chi connectivity index (χ3n) is 2.74. The first-order chi connectivity index (χ1) is 8.43. The minimum Gasteiger partial charge on any atom is -0.496 e. The highest BCUT2D eigenvalue weighted by atomic mass is 79.9. The van der Waals surface area contributed by atoms with Gasteiger partial charge < -0.3 is 4.74 Å². The average molecular weight is 352 g/mol. The Kier molecular flexibility index (Phi) is 4.25. The first-order valence-electron chi connectivity index (χ1n) is 5.35. The molecule has 0 N–H and O–H groups in total. The second-order valence-electron chi connectivity index (χ2n) is 3.99. The zero-order valence-corrected chi connectivity index (χ0v) is 13.3. The third kappa shape index (κ3) is 2.84. The van der Waals surface area contributed by atoms with Crippen molar-refractivity contribution < 1.29 is 13.2 Å². The van der Waals surface area contributed by atoms with Gasteiger partial charge in [0.25, 0.3) is 0 Å². The Hall–Kier alpha value is -0.240. The van der Waals surface area contributed by atoms with Crippen LogP contribution >= 0.6 is 27.7 Å². The second kappa shape index (κ2) is 5.40. The largest absolute Gasteiger partial charge is 0.496 e. The minimum atomic E-state index is -3.16. The Morgan fingerprint density at radius 3 is 2.78 bits per heavy atom. The van der Waals surface area contributed by atoms with Crippen molar-refractivity contribution in [2.24, 2.45) is 0 Å². The maximum Gasteiger partial charge on any atom is 0.212 e. The normalized spacial score (nSPS) is 21.2. The molecule has 1 atom stereocenters. The summed E-state index contributed by atoms with van der Waals surface area (Å²) in [5.74, 6) is 1.56. The zero-order valence-electron chi connectivity index (χ0n) is 10.1. The van der Waals surface area contributed by atoms with Gasteiger partial charge >= 0.3 is 0 Å². The lowest BCUT2D eigenvalue weighted by Crippen LogP contribution is -2.29. The highest BCUT2D eigenvalue weighted by molar-refractivity contribution is 9.10. The van der Waals surface area contributed by atoms with Crippen LogP contribution in [-0.4, -0.2) is 38.4 Å². The van der Waals surface area contributed by atoms with E-state index in [9.17, 15) is 8.42 Å². The number of thioether (sulfide) groups is 1. The molecule has 1 aliphatic heterocycles. The molecule has 0 bridgehead atoms. The van der Waals surface area contributed by atoms with E-state index < -0.39 is 10.0 Å². The molecule has 7 heteroatoms. The van der Waals surface area contributed by atoms with Crippen molar-refractivity contribution in [1.29, 1.82) is 0 Å². The quantitative estimate of drug-likeness (QED) is 0.839. The van der Waals surface area contributed by atoms with Gasteiger partial charge in [0.15, 0.2) is 0 Å². The van der Waals surface area contributed by atoms with E-state index in [1.807, 2.05) is 18.2 Å². The fourth-order valence-electron chi connectivity index (χ4n) is 1.89. The van der Waals surface area contributed by atoms with E-state index in [2.05, 4.69) is 15.9 Å². The Morgan fingerprint density at radius 2 is 2.22 bits per heavy atom. The van der Waals surface area contributed by atoms with Gasteiger partial charge in [0.05, 0.1) is 23.2 Å². The maximum atomic E-state index is 11.7. The van der Waals surface area contributed by atoms with Crippen LogP contribution in [0.15, 0.2) is 22.7 Å². The summed E-state index contributed by atoms with van der Waals surface area (Å²) in [4.78, 5) is 0. The summed E-state index contributed by atoms with van der Waals surface area (Å²) in [5, 5.41) is -0.137. The van der Waals surface area contributed by atoms with Gasteiger partial charge in [-0.15, -0.1) is 11.8 Å². The molecule has 0 saturated carbocycles. The topological polar surface area (TPSA) is 46.6 Å². The molecule has 0 aromatic heterocycles. The smallest absolute Gasteiger partial charge is 0.212 e. The van der Waals surface area contributed by atoms with Gasteiger partial charge in [0, 0.05) is 12.3 Å². The molecule has 4 nitrogen and oxygen atoms in total. The minimum absolute atomic E-state index is 0.137. The second-order valence-corrected chi connectivity index (χ2v) is 7.97. The lowest BCUT2D eigenvalue weighted by atomic mass is 10.2. The number of benzene rings is 1. The van der Waals surface area contributed by atoms with E-state index in [0.717, 1.165) is 21.5 Å². The summed E-state index contributed by atoms with van der Waals surface area (Å²) in [7, 11) is -1.56. The van der Waals surface area contributed by atoms with Crippen LogP contribution in [0.4, 0.5) is 0 Å². The lowest BCUT2D eigenvalue weighted by Gasteiger charge is -2.21. The first-order valence-corrected chi connectivity index (χ1v) is 9.04. The number of sulfonamides is 1. The fourth-order valence-corrected chi connectivity index (χ4v) is 5.25. The SMILES string of the molecule is COc1ccc(C2SCCN2S(C)(=O)=O)cc1Br. The average Bonchev–Trinajstić information content (AvgIpc) is 2.77. The molecule has 0 spiro atoms. The van der Waals surface area contributed by atoms with Gasteiger partial charge in [0.1, 0.15) is 5.75 Å². The van der Waals surface area contributed by atoms with E-state index >= 15 is 0 Å². The molecule has 1 heterocycles. The summed E-state index contributed by atoms with van der Waals surface area (Å²) in [5.41, 5.74) is 0.968. The molecule has 1 saturated heterocycles. The van der Waals surface area contributed by atoms with Crippen molar-refractivity contribution in [1.82, 2.24) is 4.31 Å². The van der Waals surface area contributed by atoms with Crippen LogP contribution in [0, 0.1) is 0 Å². The Morgan fingerprint density at radius 1 is 1.50 bits per heavy atom. The van der Waals surface area contributed by atoms with E-state index in [1.165, 1.54) is 10.6 Å². The van der Waals surface area contributed by atoms with Crippen LogP contribution in [0.1, 0.15) is 10.9 Å². The molecule has 2 rings (SSSR count). The number of rotatable bonds is 3. The molecular formula is C11H14BrNO3S2. The number of ether oxygens (including phenoxy) is 1. The monoisotopic (exact) mass is 351 g/mol. The van der Waals surface area contributed by atoms with Gasteiger partial charge in [-0.1, -0.05) is 6.07 Å². The summed E-state index contributed by atoms with van der Waals surface area (Å²) >= 11 is 5.06. The van der Waals surface area contributed by atoms with Crippen LogP contribution in [0.5, 0.6) is 5.75 Å². The number of hydrogen-bond acceptors (Lipinski definition) is 4. The molecule has 1 aliphatic rings. The van der Waals surface area contributed by atoms with E-state index in [1.54, 1.807) is 18.9 Å². The van der Waals surface area contributed by atoms with Crippen LogP contribution in [0.25, 0.3) is 0 Å². The lowest BCUT2D eigenvalue weighted by molar-refractivity contribution is 0.411. The van der Waals surface area contributed by atoms with Crippen molar-refractivity contribution in [2.75, 3.05) is 25.7 Å². The molecule has 100 valence electrons. The Balaban J connectivity index is 2.34. The Labute approximate surface area is 120 Å². The first kappa shape index (κ1) is 14.2. The molecule has 1 unspecified atom stereocenters. The van der Waals surface area contributed by atoms with Crippen molar-refractivity contribution in [3.63, 3.8) is 0 Å². The molecule has 1 aromatic carbocycles. The fraction of sp³-hybridized carbons (Fsp3) is 0.455. The van der Waals surface area contributed by atoms with E-state index in [4.69, 9.17) is 4.74 Å². The third-order valence-corrected chi connectivity index (χ3v) is 6.00. The van der Waals surface area contributed by atoms with Gasteiger partial charge in [-0.3, -0.25) is 0 Å². The van der Waals surface area contributed by atoms with E-state index in [-0.39, 0.29) is 5.37 Å². The van der Waals surface area contributed by atoms with Crippen molar-refractivity contribution in [2.45, 2.75) is 5.37 Å². The Bertz CT molecular complexity index is 547. The summed E-state index contributed by atoms with van der Waals surface area (Å²) < 4.78 is 30.9. The van der Waals surface area contributed by atoms with Crippen LogP contribution in [-0.2, 0) is 10.0 Å².